The van der Waals surface area contributed by atoms with Gasteiger partial charge in [-0.15, -0.1) is 10.2 Å². The number of aryl methyl sites for hydroxylation is 1. The number of carboxylic acids is 1. The Bertz CT molecular complexity index is 848. The molecule has 0 atom stereocenters. The molecule has 0 amide bonds. The number of carboxylic acid groups (broad SMARTS) is 1. The van der Waals surface area contributed by atoms with Crippen LogP contribution in [-0.4, -0.2) is 31.6 Å². The fourth-order valence-corrected chi connectivity index (χ4v) is 2.92. The van der Waals surface area contributed by atoms with E-state index in [9.17, 15) is 4.79 Å². The molecule has 3 rings (SSSR count). The lowest BCUT2D eigenvalue weighted by molar-refractivity contribution is -0.133. The molecule has 7 heteroatoms. The Balaban J connectivity index is 1.88. The number of hydrogen-bond acceptors (Lipinski definition) is 5. The van der Waals surface area contributed by atoms with Crippen LogP contribution in [0.25, 0.3) is 5.69 Å². The van der Waals surface area contributed by atoms with Crippen molar-refractivity contribution in [1.82, 2.24) is 14.8 Å². The van der Waals surface area contributed by atoms with Crippen LogP contribution in [-0.2, 0) is 11.4 Å². The first kappa shape index (κ1) is 17.0. The molecule has 0 aliphatic heterocycles. The van der Waals surface area contributed by atoms with Crippen molar-refractivity contribution < 1.29 is 14.6 Å². The van der Waals surface area contributed by atoms with Crippen LogP contribution < -0.4 is 4.74 Å². The Labute approximate surface area is 149 Å². The van der Waals surface area contributed by atoms with Crippen LogP contribution in [0.5, 0.6) is 5.75 Å². The monoisotopic (exact) mass is 355 g/mol. The zero-order valence-corrected chi connectivity index (χ0v) is 14.4. The molecule has 6 nitrogen and oxygen atoms in total. The maximum atomic E-state index is 10.9. The highest BCUT2D eigenvalue weighted by Crippen LogP contribution is 2.23. The number of carbonyl (C=O) groups is 1. The summed E-state index contributed by atoms with van der Waals surface area (Å²) in [7, 11) is 0. The molecule has 128 valence electrons. The Morgan fingerprint density at radius 1 is 1.12 bits per heavy atom. The number of thioether (sulfide) groups is 1. The molecule has 1 N–H and O–H groups in total. The van der Waals surface area contributed by atoms with E-state index in [1.54, 1.807) is 0 Å². The number of hydrogen-bond donors (Lipinski definition) is 1. The molecule has 25 heavy (non-hydrogen) atoms. The molecule has 3 aromatic rings. The van der Waals surface area contributed by atoms with E-state index in [0.29, 0.717) is 11.0 Å². The van der Waals surface area contributed by atoms with Gasteiger partial charge in [-0.1, -0.05) is 47.7 Å². The average molecular weight is 355 g/mol. The highest BCUT2D eigenvalue weighted by atomic mass is 32.2. The van der Waals surface area contributed by atoms with Crippen LogP contribution in [0.15, 0.2) is 59.8 Å². The second-order valence-corrected chi connectivity index (χ2v) is 6.30. The lowest BCUT2D eigenvalue weighted by Gasteiger charge is -2.11. The lowest BCUT2D eigenvalue weighted by atomic mass is 10.2. The maximum absolute atomic E-state index is 10.9. The molecular weight excluding hydrogens is 338 g/mol. The fraction of sp³-hybridized carbons (Fsp3) is 0.167. The fourth-order valence-electron chi connectivity index (χ4n) is 2.23. The minimum Gasteiger partial charge on any atom is -0.486 e. The maximum Gasteiger partial charge on any atom is 0.313 e. The summed E-state index contributed by atoms with van der Waals surface area (Å²) in [6.07, 6.45) is 0. The highest BCUT2D eigenvalue weighted by Gasteiger charge is 2.16. The van der Waals surface area contributed by atoms with Crippen molar-refractivity contribution in [2.75, 3.05) is 5.75 Å². The molecule has 1 aromatic heterocycles. The first-order chi connectivity index (χ1) is 12.1. The molecule has 0 aliphatic carbocycles. The van der Waals surface area contributed by atoms with Crippen molar-refractivity contribution in [2.45, 2.75) is 18.7 Å². The van der Waals surface area contributed by atoms with Crippen molar-refractivity contribution in [3.63, 3.8) is 0 Å². The van der Waals surface area contributed by atoms with Crippen LogP contribution in [0.3, 0.4) is 0 Å². The summed E-state index contributed by atoms with van der Waals surface area (Å²) in [5.74, 6) is 0.371. The van der Waals surface area contributed by atoms with Crippen molar-refractivity contribution in [3.05, 3.63) is 66.0 Å². The highest BCUT2D eigenvalue weighted by molar-refractivity contribution is 7.99. The van der Waals surface area contributed by atoms with E-state index >= 15 is 0 Å². The number of aromatic nitrogens is 3. The molecule has 0 fully saturated rings. The minimum atomic E-state index is -0.898. The topological polar surface area (TPSA) is 77.2 Å². The smallest absolute Gasteiger partial charge is 0.313 e. The van der Waals surface area contributed by atoms with E-state index < -0.39 is 5.97 Å². The van der Waals surface area contributed by atoms with Gasteiger partial charge >= 0.3 is 5.97 Å². The van der Waals surface area contributed by atoms with Gasteiger partial charge in [0.15, 0.2) is 11.0 Å². The minimum absolute atomic E-state index is 0.0798. The van der Waals surface area contributed by atoms with Gasteiger partial charge in [0.1, 0.15) is 12.4 Å². The third kappa shape index (κ3) is 4.39. The second kappa shape index (κ2) is 7.85. The third-order valence-electron chi connectivity index (χ3n) is 3.43. The van der Waals surface area contributed by atoms with Gasteiger partial charge in [0.05, 0.1) is 5.75 Å². The summed E-state index contributed by atoms with van der Waals surface area (Å²) >= 11 is 1.13. The largest absolute Gasteiger partial charge is 0.486 e. The van der Waals surface area contributed by atoms with Gasteiger partial charge < -0.3 is 9.84 Å². The van der Waals surface area contributed by atoms with Crippen molar-refractivity contribution >= 4 is 17.7 Å². The number of aliphatic carboxylic acids is 1. The number of ether oxygens (including phenoxy) is 1. The molecule has 0 saturated carbocycles. The van der Waals surface area contributed by atoms with E-state index in [-0.39, 0.29) is 12.4 Å². The first-order valence-corrected chi connectivity index (χ1v) is 8.66. The zero-order chi connectivity index (χ0) is 17.6. The predicted octanol–water partition coefficient (Wildman–Crippen LogP) is 3.33. The molecule has 0 spiro atoms. The van der Waals surface area contributed by atoms with E-state index in [4.69, 9.17) is 9.84 Å². The van der Waals surface area contributed by atoms with Gasteiger partial charge in [-0.05, 0) is 31.2 Å². The molecule has 0 aliphatic rings. The van der Waals surface area contributed by atoms with Crippen LogP contribution in [0.1, 0.15) is 11.4 Å². The molecule has 0 bridgehead atoms. The Hall–Kier alpha value is -2.80. The van der Waals surface area contributed by atoms with E-state index in [2.05, 4.69) is 10.2 Å². The van der Waals surface area contributed by atoms with Crippen molar-refractivity contribution in [1.29, 1.82) is 0 Å². The number of nitrogens with zero attached hydrogens (tertiary/aromatic N) is 3. The van der Waals surface area contributed by atoms with Gasteiger partial charge in [-0.2, -0.15) is 0 Å². The molecule has 0 saturated heterocycles. The van der Waals surface area contributed by atoms with Crippen LogP contribution in [0.2, 0.25) is 0 Å². The Kier molecular flexibility index (Phi) is 5.35. The number of rotatable bonds is 7. The summed E-state index contributed by atoms with van der Waals surface area (Å²) in [5.41, 5.74) is 2.01. The van der Waals surface area contributed by atoms with E-state index in [1.807, 2.05) is 66.1 Å². The van der Waals surface area contributed by atoms with Crippen LogP contribution in [0.4, 0.5) is 0 Å². The van der Waals surface area contributed by atoms with Gasteiger partial charge in [0.25, 0.3) is 0 Å². The van der Waals surface area contributed by atoms with Crippen LogP contribution >= 0.6 is 11.8 Å². The molecule has 0 unspecified atom stereocenters. The summed E-state index contributed by atoms with van der Waals surface area (Å²) < 4.78 is 7.60. The van der Waals surface area contributed by atoms with Gasteiger partial charge in [-0.3, -0.25) is 9.36 Å². The van der Waals surface area contributed by atoms with Gasteiger partial charge in [0, 0.05) is 5.69 Å². The normalized spacial score (nSPS) is 10.6. The van der Waals surface area contributed by atoms with Gasteiger partial charge in [0.2, 0.25) is 0 Å². The Morgan fingerprint density at radius 2 is 1.84 bits per heavy atom. The second-order valence-electron chi connectivity index (χ2n) is 5.35. The molecule has 1 heterocycles. The number of benzene rings is 2. The average Bonchev–Trinajstić information content (AvgIpc) is 3.02. The quantitative estimate of drug-likeness (QED) is 0.655. The van der Waals surface area contributed by atoms with Crippen molar-refractivity contribution in [3.8, 4) is 11.4 Å². The van der Waals surface area contributed by atoms with E-state index in [0.717, 1.165) is 28.8 Å². The number of para-hydroxylation sites is 1. The Morgan fingerprint density at radius 3 is 2.52 bits per heavy atom. The zero-order valence-electron chi connectivity index (χ0n) is 13.6. The summed E-state index contributed by atoms with van der Waals surface area (Å²) in [5, 5.41) is 17.8. The predicted molar refractivity (Wildman–Crippen MR) is 95.2 cm³/mol. The molecule has 2 aromatic carbocycles. The van der Waals surface area contributed by atoms with E-state index in [1.165, 1.54) is 0 Å². The van der Waals surface area contributed by atoms with Gasteiger partial charge in [-0.25, -0.2) is 0 Å². The van der Waals surface area contributed by atoms with Crippen molar-refractivity contribution in [2.24, 2.45) is 0 Å². The third-order valence-corrected chi connectivity index (χ3v) is 4.34. The summed E-state index contributed by atoms with van der Waals surface area (Å²) in [4.78, 5) is 10.9. The summed E-state index contributed by atoms with van der Waals surface area (Å²) in [6.45, 7) is 2.24. The molecule has 0 radical (unpaired) electrons. The summed E-state index contributed by atoms with van der Waals surface area (Å²) in [6, 6.07) is 17.3. The SMILES string of the molecule is Cc1ccc(-n2c(COc3ccccc3)nnc2SCC(=O)O)cc1. The lowest BCUT2D eigenvalue weighted by Crippen LogP contribution is -2.07. The molecular formula is C18H17N3O3S. The standard InChI is InChI=1S/C18H17N3O3S/c1-13-7-9-14(10-8-13)21-16(11-24-15-5-3-2-4-6-15)19-20-18(21)25-12-17(22)23/h2-10H,11-12H2,1H3,(H,22,23). The van der Waals surface area contributed by atoms with Crippen LogP contribution in [0, 0.1) is 6.92 Å². The first-order valence-electron chi connectivity index (χ1n) is 7.67.